The highest BCUT2D eigenvalue weighted by molar-refractivity contribution is 9.09. The smallest absolute Gasteiger partial charge is 0.293 e. The van der Waals surface area contributed by atoms with Crippen molar-refractivity contribution in [2.24, 2.45) is 0 Å². The number of hydrogen-bond donors (Lipinski definition) is 0. The van der Waals surface area contributed by atoms with Crippen molar-refractivity contribution in [2.45, 2.75) is 18.2 Å². The molecule has 7 heteroatoms. The van der Waals surface area contributed by atoms with Crippen LogP contribution in [-0.4, -0.2) is 22.2 Å². The molecule has 5 nitrogen and oxygen atoms in total. The van der Waals surface area contributed by atoms with Gasteiger partial charge in [0.15, 0.2) is 0 Å². The van der Waals surface area contributed by atoms with E-state index in [-0.39, 0.29) is 34.1 Å². The Kier molecular flexibility index (Phi) is 3.34. The number of carbonyl (C=O) groups excluding carboxylic acids is 1. The van der Waals surface area contributed by atoms with Crippen LogP contribution < -0.4 is 4.90 Å². The SMILES string of the molecule is Cc1c(F)ccc([N+](=O)[O-])c1N1CC(Br)CC1=O. The van der Waals surface area contributed by atoms with Gasteiger partial charge < -0.3 is 4.90 Å². The molecule has 1 atom stereocenters. The van der Waals surface area contributed by atoms with Crippen LogP contribution in [0.1, 0.15) is 12.0 Å². The summed E-state index contributed by atoms with van der Waals surface area (Å²) in [5.74, 6) is -0.796. The van der Waals surface area contributed by atoms with Gasteiger partial charge in [0.1, 0.15) is 11.5 Å². The number of benzene rings is 1. The number of hydrogen-bond acceptors (Lipinski definition) is 3. The summed E-state index contributed by atoms with van der Waals surface area (Å²) in [7, 11) is 0. The fourth-order valence-electron chi connectivity index (χ4n) is 2.03. The van der Waals surface area contributed by atoms with E-state index in [0.717, 1.165) is 12.1 Å². The monoisotopic (exact) mass is 316 g/mol. The second-order valence-electron chi connectivity index (χ2n) is 4.10. The normalized spacial score (nSPS) is 19.4. The summed E-state index contributed by atoms with van der Waals surface area (Å²) >= 11 is 3.29. The maximum absolute atomic E-state index is 13.5. The Morgan fingerprint density at radius 3 is 2.72 bits per heavy atom. The highest BCUT2D eigenvalue weighted by Crippen LogP contribution is 2.36. The number of anilines is 1. The van der Waals surface area contributed by atoms with Crippen molar-refractivity contribution in [3.05, 3.63) is 33.6 Å². The molecule has 0 aromatic heterocycles. The molecule has 0 N–H and O–H groups in total. The quantitative estimate of drug-likeness (QED) is 0.478. The van der Waals surface area contributed by atoms with Crippen molar-refractivity contribution in [2.75, 3.05) is 11.4 Å². The van der Waals surface area contributed by atoms with Gasteiger partial charge in [-0.15, -0.1) is 0 Å². The zero-order valence-electron chi connectivity index (χ0n) is 9.52. The van der Waals surface area contributed by atoms with Crippen molar-refractivity contribution in [1.29, 1.82) is 0 Å². The highest BCUT2D eigenvalue weighted by Gasteiger charge is 2.34. The molecule has 1 unspecified atom stereocenters. The van der Waals surface area contributed by atoms with E-state index >= 15 is 0 Å². The minimum Gasteiger partial charge on any atom is -0.305 e. The van der Waals surface area contributed by atoms with Gasteiger partial charge in [-0.05, 0) is 13.0 Å². The van der Waals surface area contributed by atoms with Gasteiger partial charge in [-0.25, -0.2) is 4.39 Å². The highest BCUT2D eigenvalue weighted by atomic mass is 79.9. The molecule has 1 aliphatic rings. The van der Waals surface area contributed by atoms with E-state index in [1.807, 2.05) is 0 Å². The molecule has 1 amide bonds. The lowest BCUT2D eigenvalue weighted by molar-refractivity contribution is -0.384. The Bertz CT molecular complexity index is 535. The molecule has 0 bridgehead atoms. The first-order valence-corrected chi connectivity index (χ1v) is 6.21. The Labute approximate surface area is 111 Å². The van der Waals surface area contributed by atoms with E-state index in [4.69, 9.17) is 0 Å². The second kappa shape index (κ2) is 4.64. The van der Waals surface area contributed by atoms with Crippen LogP contribution in [0.3, 0.4) is 0 Å². The van der Waals surface area contributed by atoms with E-state index < -0.39 is 10.7 Å². The molecule has 1 saturated heterocycles. The largest absolute Gasteiger partial charge is 0.305 e. The van der Waals surface area contributed by atoms with Crippen LogP contribution in [-0.2, 0) is 4.79 Å². The lowest BCUT2D eigenvalue weighted by atomic mass is 10.1. The fraction of sp³-hybridized carbons (Fsp3) is 0.364. The summed E-state index contributed by atoms with van der Waals surface area (Å²) in [6.45, 7) is 1.75. The van der Waals surface area contributed by atoms with Crippen molar-refractivity contribution in [3.63, 3.8) is 0 Å². The maximum atomic E-state index is 13.5. The molecule has 18 heavy (non-hydrogen) atoms. The van der Waals surface area contributed by atoms with Crippen molar-refractivity contribution in [3.8, 4) is 0 Å². The molecule has 0 radical (unpaired) electrons. The summed E-state index contributed by atoms with van der Waals surface area (Å²) in [4.78, 5) is 23.3. The van der Waals surface area contributed by atoms with Gasteiger partial charge in [0.2, 0.25) is 5.91 Å². The summed E-state index contributed by atoms with van der Waals surface area (Å²) in [6, 6.07) is 2.13. The second-order valence-corrected chi connectivity index (χ2v) is 5.40. The number of rotatable bonds is 2. The lowest BCUT2D eigenvalue weighted by Crippen LogP contribution is -2.26. The number of nitrogens with zero attached hydrogens (tertiary/aromatic N) is 2. The standard InChI is InChI=1S/C11H10BrFN2O3/c1-6-8(13)2-3-9(15(17)18)11(6)14-5-7(12)4-10(14)16/h2-3,7H,4-5H2,1H3. The molecule has 1 aromatic rings. The van der Waals surface area contributed by atoms with Gasteiger partial charge in [0, 0.05) is 29.4 Å². The van der Waals surface area contributed by atoms with E-state index in [2.05, 4.69) is 15.9 Å². The minimum absolute atomic E-state index is 0.0620. The van der Waals surface area contributed by atoms with Crippen LogP contribution in [0.15, 0.2) is 12.1 Å². The van der Waals surface area contributed by atoms with E-state index in [0.29, 0.717) is 6.54 Å². The van der Waals surface area contributed by atoms with Gasteiger partial charge in [0.25, 0.3) is 5.69 Å². The Morgan fingerprint density at radius 1 is 1.56 bits per heavy atom. The van der Waals surface area contributed by atoms with Crippen LogP contribution >= 0.6 is 15.9 Å². The van der Waals surface area contributed by atoms with Crippen LogP contribution in [0.25, 0.3) is 0 Å². The number of amides is 1. The zero-order chi connectivity index (χ0) is 13.4. The van der Waals surface area contributed by atoms with Crippen molar-refractivity contribution in [1.82, 2.24) is 0 Å². The van der Waals surface area contributed by atoms with Gasteiger partial charge >= 0.3 is 0 Å². The molecule has 0 saturated carbocycles. The first kappa shape index (κ1) is 12.9. The average Bonchev–Trinajstić information content (AvgIpc) is 2.61. The van der Waals surface area contributed by atoms with Crippen molar-refractivity contribution >= 4 is 33.2 Å². The molecule has 0 aliphatic carbocycles. The Morgan fingerprint density at radius 2 is 2.22 bits per heavy atom. The van der Waals surface area contributed by atoms with Gasteiger partial charge in [-0.2, -0.15) is 0 Å². The van der Waals surface area contributed by atoms with Gasteiger partial charge in [0.05, 0.1) is 4.92 Å². The summed E-state index contributed by atoms with van der Waals surface area (Å²) in [5.41, 5.74) is -0.0602. The predicted octanol–water partition coefficient (Wildman–Crippen LogP) is 2.54. The van der Waals surface area contributed by atoms with E-state index in [1.165, 1.54) is 11.8 Å². The Hall–Kier alpha value is -1.50. The molecular weight excluding hydrogens is 307 g/mol. The molecule has 2 rings (SSSR count). The Balaban J connectivity index is 2.58. The predicted molar refractivity (Wildman–Crippen MR) is 67.5 cm³/mol. The summed E-state index contributed by atoms with van der Waals surface area (Å²) in [5, 5.41) is 11.0. The van der Waals surface area contributed by atoms with Crippen LogP contribution in [0.4, 0.5) is 15.8 Å². The summed E-state index contributed by atoms with van der Waals surface area (Å²) in [6.07, 6.45) is 0.257. The van der Waals surface area contributed by atoms with E-state index in [1.54, 1.807) is 0 Å². The number of nitro groups is 1. The topological polar surface area (TPSA) is 63.5 Å². The number of halogens is 2. The van der Waals surface area contributed by atoms with Gasteiger partial charge in [-0.3, -0.25) is 14.9 Å². The third-order valence-corrected chi connectivity index (χ3v) is 3.50. The lowest BCUT2D eigenvalue weighted by Gasteiger charge is -2.18. The van der Waals surface area contributed by atoms with Crippen LogP contribution in [0, 0.1) is 22.9 Å². The third kappa shape index (κ3) is 2.10. The first-order chi connectivity index (χ1) is 8.41. The van der Waals surface area contributed by atoms with E-state index in [9.17, 15) is 19.3 Å². The maximum Gasteiger partial charge on any atom is 0.293 e. The molecule has 1 heterocycles. The zero-order valence-corrected chi connectivity index (χ0v) is 11.1. The number of alkyl halides is 1. The average molecular weight is 317 g/mol. The molecule has 96 valence electrons. The molecular formula is C11H10BrFN2O3. The number of carbonyl (C=O) groups is 1. The molecule has 0 spiro atoms. The minimum atomic E-state index is -0.601. The molecule has 1 aliphatic heterocycles. The van der Waals surface area contributed by atoms with Crippen LogP contribution in [0.2, 0.25) is 0 Å². The molecule has 1 fully saturated rings. The van der Waals surface area contributed by atoms with Gasteiger partial charge in [-0.1, -0.05) is 15.9 Å². The van der Waals surface area contributed by atoms with Crippen molar-refractivity contribution < 1.29 is 14.1 Å². The van der Waals surface area contributed by atoms with Crippen LogP contribution in [0.5, 0.6) is 0 Å². The third-order valence-electron chi connectivity index (χ3n) is 2.89. The fourth-order valence-corrected chi connectivity index (χ4v) is 2.60. The first-order valence-electron chi connectivity index (χ1n) is 5.29. The number of nitro benzene ring substituents is 1. The summed E-state index contributed by atoms with van der Waals surface area (Å²) < 4.78 is 13.5. The molecule has 1 aromatic carbocycles.